The van der Waals surface area contributed by atoms with E-state index in [2.05, 4.69) is 10.1 Å². The van der Waals surface area contributed by atoms with Gasteiger partial charge < -0.3 is 10.1 Å². The minimum absolute atomic E-state index is 0.270. The molecule has 90 valence electrons. The van der Waals surface area contributed by atoms with Gasteiger partial charge in [0.15, 0.2) is 0 Å². The predicted octanol–water partition coefficient (Wildman–Crippen LogP) is 1.65. The quantitative estimate of drug-likeness (QED) is 0.633. The van der Waals surface area contributed by atoms with Crippen molar-refractivity contribution in [1.82, 2.24) is 5.32 Å². The summed E-state index contributed by atoms with van der Waals surface area (Å²) in [6, 6.07) is 0.453. The lowest BCUT2D eigenvalue weighted by molar-refractivity contribution is -0.387. The largest absolute Gasteiger partial charge is 0.447 e. The maximum atomic E-state index is 13.7. The SMILES string of the molecule is O=C1NC(c2c(F)ccc([N+](=O)[O-])c2F)CO1. The molecule has 1 amide bonds. The zero-order valence-electron chi connectivity index (χ0n) is 8.28. The Morgan fingerprint density at radius 2 is 2.18 bits per heavy atom. The number of carbonyl (C=O) groups excluding carboxylic acids is 1. The topological polar surface area (TPSA) is 81.5 Å². The Hall–Kier alpha value is -2.25. The van der Waals surface area contributed by atoms with Crippen LogP contribution in [-0.2, 0) is 4.74 Å². The zero-order chi connectivity index (χ0) is 12.6. The smallest absolute Gasteiger partial charge is 0.407 e. The molecule has 1 aromatic rings. The van der Waals surface area contributed by atoms with Crippen LogP contribution in [0.5, 0.6) is 0 Å². The Morgan fingerprint density at radius 3 is 2.71 bits per heavy atom. The molecule has 1 unspecified atom stereocenters. The number of alkyl carbamates (subject to hydrolysis) is 1. The minimum Gasteiger partial charge on any atom is -0.447 e. The standard InChI is InChI=1S/C9H6F2N2O4/c10-4-1-2-6(13(15)16)8(11)7(4)5-3-17-9(14)12-5/h1-2,5H,3H2,(H,12,14). The average Bonchev–Trinajstić information content (AvgIpc) is 2.64. The number of nitrogens with zero attached hydrogens (tertiary/aromatic N) is 1. The van der Waals surface area contributed by atoms with Crippen molar-refractivity contribution < 1.29 is 23.2 Å². The fourth-order valence-electron chi connectivity index (χ4n) is 1.56. The molecular weight excluding hydrogens is 238 g/mol. The highest BCUT2D eigenvalue weighted by Crippen LogP contribution is 2.29. The van der Waals surface area contributed by atoms with Crippen molar-refractivity contribution in [3.8, 4) is 0 Å². The molecule has 1 N–H and O–H groups in total. The molecule has 0 radical (unpaired) electrons. The molecule has 6 nitrogen and oxygen atoms in total. The summed E-state index contributed by atoms with van der Waals surface area (Å²) in [6.07, 6.45) is -0.819. The van der Waals surface area contributed by atoms with E-state index >= 15 is 0 Å². The first-order chi connectivity index (χ1) is 8.00. The number of halogens is 2. The number of rotatable bonds is 2. The number of nitrogens with one attached hydrogen (secondary N) is 1. The zero-order valence-corrected chi connectivity index (χ0v) is 8.28. The second-order valence-electron chi connectivity index (χ2n) is 3.35. The third kappa shape index (κ3) is 1.88. The number of hydrogen-bond acceptors (Lipinski definition) is 4. The Labute approximate surface area is 93.3 Å². The van der Waals surface area contributed by atoms with Gasteiger partial charge in [0.1, 0.15) is 12.4 Å². The van der Waals surface area contributed by atoms with Crippen LogP contribution in [0.3, 0.4) is 0 Å². The van der Waals surface area contributed by atoms with Gasteiger partial charge >= 0.3 is 11.8 Å². The summed E-state index contributed by atoms with van der Waals surface area (Å²) in [4.78, 5) is 20.3. The molecule has 0 aromatic heterocycles. The minimum atomic E-state index is -1.30. The van der Waals surface area contributed by atoms with Crippen LogP contribution in [0.2, 0.25) is 0 Å². The molecule has 1 fully saturated rings. The molecule has 1 aliphatic heterocycles. The number of carbonyl (C=O) groups is 1. The normalized spacial score (nSPS) is 18.7. The number of nitro benzene ring substituents is 1. The molecule has 1 saturated heterocycles. The molecule has 0 saturated carbocycles. The predicted molar refractivity (Wildman–Crippen MR) is 50.2 cm³/mol. The van der Waals surface area contributed by atoms with Gasteiger partial charge in [-0.2, -0.15) is 4.39 Å². The Bertz CT molecular complexity index is 506. The molecule has 1 aliphatic rings. The Balaban J connectivity index is 2.48. The van der Waals surface area contributed by atoms with E-state index < -0.39 is 39.9 Å². The van der Waals surface area contributed by atoms with E-state index in [1.54, 1.807) is 0 Å². The molecule has 1 atom stereocenters. The van der Waals surface area contributed by atoms with Crippen LogP contribution in [0.25, 0.3) is 0 Å². The highest BCUT2D eigenvalue weighted by molar-refractivity contribution is 5.70. The van der Waals surface area contributed by atoms with E-state index in [0.717, 1.165) is 12.1 Å². The monoisotopic (exact) mass is 244 g/mol. The van der Waals surface area contributed by atoms with Gasteiger partial charge in [0.25, 0.3) is 0 Å². The number of nitro groups is 1. The van der Waals surface area contributed by atoms with Crippen molar-refractivity contribution in [2.75, 3.05) is 6.61 Å². The second-order valence-corrected chi connectivity index (χ2v) is 3.35. The van der Waals surface area contributed by atoms with Gasteiger partial charge in [-0.25, -0.2) is 9.18 Å². The van der Waals surface area contributed by atoms with E-state index in [4.69, 9.17) is 0 Å². The maximum absolute atomic E-state index is 13.7. The number of cyclic esters (lactones) is 1. The second kappa shape index (κ2) is 3.96. The average molecular weight is 244 g/mol. The van der Waals surface area contributed by atoms with Crippen LogP contribution in [0, 0.1) is 21.7 Å². The van der Waals surface area contributed by atoms with E-state index in [0.29, 0.717) is 0 Å². The lowest BCUT2D eigenvalue weighted by atomic mass is 10.1. The lowest BCUT2D eigenvalue weighted by Crippen LogP contribution is -2.21. The summed E-state index contributed by atoms with van der Waals surface area (Å²) >= 11 is 0. The van der Waals surface area contributed by atoms with Gasteiger partial charge in [0, 0.05) is 6.07 Å². The molecular formula is C9H6F2N2O4. The number of amides is 1. The van der Waals surface area contributed by atoms with Crippen molar-refractivity contribution in [2.24, 2.45) is 0 Å². The Kier molecular flexibility index (Phi) is 2.62. The van der Waals surface area contributed by atoms with Crippen LogP contribution < -0.4 is 5.32 Å². The molecule has 0 bridgehead atoms. The first kappa shape index (κ1) is 11.2. The van der Waals surface area contributed by atoms with Crippen molar-refractivity contribution in [1.29, 1.82) is 0 Å². The van der Waals surface area contributed by atoms with Crippen molar-refractivity contribution in [2.45, 2.75) is 6.04 Å². The fourth-order valence-corrected chi connectivity index (χ4v) is 1.56. The summed E-state index contributed by atoms with van der Waals surface area (Å²) in [6.45, 7) is -0.270. The summed E-state index contributed by atoms with van der Waals surface area (Å²) < 4.78 is 31.6. The first-order valence-corrected chi connectivity index (χ1v) is 4.56. The molecule has 0 spiro atoms. The van der Waals surface area contributed by atoms with Crippen molar-refractivity contribution in [3.63, 3.8) is 0 Å². The van der Waals surface area contributed by atoms with Crippen molar-refractivity contribution >= 4 is 11.8 Å². The summed E-state index contributed by atoms with van der Waals surface area (Å²) in [5.74, 6) is -2.27. The van der Waals surface area contributed by atoms with E-state index in [1.807, 2.05) is 0 Å². The summed E-state index contributed by atoms with van der Waals surface area (Å²) in [5, 5.41) is 12.6. The fraction of sp³-hybridized carbons (Fsp3) is 0.222. The van der Waals surface area contributed by atoms with Crippen LogP contribution in [0.4, 0.5) is 19.3 Å². The van der Waals surface area contributed by atoms with Crippen molar-refractivity contribution in [3.05, 3.63) is 39.4 Å². The van der Waals surface area contributed by atoms with Gasteiger partial charge in [0.05, 0.1) is 16.5 Å². The molecule has 17 heavy (non-hydrogen) atoms. The molecule has 1 heterocycles. The van der Waals surface area contributed by atoms with Gasteiger partial charge in [0.2, 0.25) is 5.82 Å². The maximum Gasteiger partial charge on any atom is 0.407 e. The molecule has 0 aliphatic carbocycles. The van der Waals surface area contributed by atoms with Crippen LogP contribution >= 0.6 is 0 Å². The van der Waals surface area contributed by atoms with E-state index in [9.17, 15) is 23.7 Å². The van der Waals surface area contributed by atoms with E-state index in [-0.39, 0.29) is 6.61 Å². The van der Waals surface area contributed by atoms with Crippen LogP contribution in [0.15, 0.2) is 12.1 Å². The van der Waals surface area contributed by atoms with Gasteiger partial charge in [-0.15, -0.1) is 0 Å². The van der Waals surface area contributed by atoms with E-state index in [1.165, 1.54) is 0 Å². The molecule has 1 aromatic carbocycles. The third-order valence-electron chi connectivity index (χ3n) is 2.32. The molecule has 2 rings (SSSR count). The third-order valence-corrected chi connectivity index (χ3v) is 2.32. The number of ether oxygens (including phenoxy) is 1. The lowest BCUT2D eigenvalue weighted by Gasteiger charge is -2.09. The highest BCUT2D eigenvalue weighted by atomic mass is 19.1. The van der Waals surface area contributed by atoms with Gasteiger partial charge in [-0.1, -0.05) is 0 Å². The summed E-state index contributed by atoms with van der Waals surface area (Å²) in [7, 11) is 0. The first-order valence-electron chi connectivity index (χ1n) is 4.56. The number of hydrogen-bond donors (Lipinski definition) is 1. The van der Waals surface area contributed by atoms with Gasteiger partial charge in [-0.05, 0) is 6.07 Å². The van der Waals surface area contributed by atoms with Crippen LogP contribution in [0.1, 0.15) is 11.6 Å². The molecule has 8 heteroatoms. The number of benzene rings is 1. The highest BCUT2D eigenvalue weighted by Gasteiger charge is 2.32. The van der Waals surface area contributed by atoms with Crippen LogP contribution in [-0.4, -0.2) is 17.6 Å². The Morgan fingerprint density at radius 1 is 1.47 bits per heavy atom. The van der Waals surface area contributed by atoms with Gasteiger partial charge in [-0.3, -0.25) is 10.1 Å². The summed E-state index contributed by atoms with van der Waals surface area (Å²) in [5.41, 5.74) is -1.41.